The fraction of sp³-hybridized carbons (Fsp3) is 0.333. The van der Waals surface area contributed by atoms with Crippen LogP contribution >= 0.6 is 11.3 Å². The van der Waals surface area contributed by atoms with Crippen LogP contribution in [0.5, 0.6) is 0 Å². The molecule has 0 aliphatic carbocycles. The Bertz CT molecular complexity index is 519. The summed E-state index contributed by atoms with van der Waals surface area (Å²) in [7, 11) is 1.62. The van der Waals surface area contributed by atoms with Crippen LogP contribution in [0.25, 0.3) is 10.6 Å². The van der Waals surface area contributed by atoms with Gasteiger partial charge in [-0.2, -0.15) is 0 Å². The molecule has 5 nitrogen and oxygen atoms in total. The molecule has 0 aliphatic rings. The Balaban J connectivity index is 2.13. The summed E-state index contributed by atoms with van der Waals surface area (Å²) in [4.78, 5) is 14.3. The number of aliphatic hydroxyl groups is 1. The first-order chi connectivity index (χ1) is 8.58. The average molecular weight is 266 g/mol. The second-order valence-corrected chi connectivity index (χ2v) is 5.04. The standard InChI is InChI=1S/C12H14N2O3S/c1-8(15)7-14(2)12(16)9-6-10(17-13-9)11-4-3-5-18-11/h3-6,8,15H,7H2,1-2H3. The number of aromatic nitrogens is 1. The normalized spacial score (nSPS) is 12.4. The Morgan fingerprint density at radius 3 is 3.06 bits per heavy atom. The first-order valence-electron chi connectivity index (χ1n) is 5.52. The highest BCUT2D eigenvalue weighted by atomic mass is 32.1. The van der Waals surface area contributed by atoms with E-state index in [1.807, 2.05) is 17.5 Å². The lowest BCUT2D eigenvalue weighted by Gasteiger charge is -2.16. The molecule has 1 unspecified atom stereocenters. The van der Waals surface area contributed by atoms with Crippen molar-refractivity contribution in [3.63, 3.8) is 0 Å². The van der Waals surface area contributed by atoms with Crippen LogP contribution in [0.1, 0.15) is 17.4 Å². The topological polar surface area (TPSA) is 66.6 Å². The maximum Gasteiger partial charge on any atom is 0.275 e. The van der Waals surface area contributed by atoms with Gasteiger partial charge in [-0.05, 0) is 18.4 Å². The minimum atomic E-state index is -0.567. The minimum Gasteiger partial charge on any atom is -0.392 e. The molecule has 18 heavy (non-hydrogen) atoms. The Morgan fingerprint density at radius 2 is 2.44 bits per heavy atom. The van der Waals surface area contributed by atoms with E-state index < -0.39 is 6.10 Å². The summed E-state index contributed by atoms with van der Waals surface area (Å²) in [6.07, 6.45) is -0.567. The van der Waals surface area contributed by atoms with Crippen molar-refractivity contribution < 1.29 is 14.4 Å². The number of thiophene rings is 1. The van der Waals surface area contributed by atoms with Gasteiger partial charge in [-0.1, -0.05) is 11.2 Å². The number of nitrogens with zero attached hydrogens (tertiary/aromatic N) is 2. The van der Waals surface area contributed by atoms with Crippen molar-refractivity contribution in [2.75, 3.05) is 13.6 Å². The third-order valence-electron chi connectivity index (χ3n) is 2.38. The number of aliphatic hydroxyl groups excluding tert-OH is 1. The van der Waals surface area contributed by atoms with E-state index in [2.05, 4.69) is 5.16 Å². The van der Waals surface area contributed by atoms with Crippen molar-refractivity contribution in [1.82, 2.24) is 10.1 Å². The maximum atomic E-state index is 12.0. The van der Waals surface area contributed by atoms with E-state index in [-0.39, 0.29) is 18.1 Å². The molecule has 2 aromatic rings. The molecule has 1 N–H and O–H groups in total. The van der Waals surface area contributed by atoms with Gasteiger partial charge in [0.2, 0.25) is 0 Å². The maximum absolute atomic E-state index is 12.0. The molecule has 2 aromatic heterocycles. The molecule has 0 aromatic carbocycles. The zero-order chi connectivity index (χ0) is 13.1. The summed E-state index contributed by atoms with van der Waals surface area (Å²) in [5.74, 6) is 0.321. The molecule has 0 saturated heterocycles. The Labute approximate surface area is 109 Å². The summed E-state index contributed by atoms with van der Waals surface area (Å²) < 4.78 is 5.14. The highest BCUT2D eigenvalue weighted by Gasteiger charge is 2.18. The quantitative estimate of drug-likeness (QED) is 0.917. The average Bonchev–Trinajstić information content (AvgIpc) is 2.97. The van der Waals surface area contributed by atoms with E-state index in [1.165, 1.54) is 16.2 Å². The van der Waals surface area contributed by atoms with Crippen molar-refractivity contribution in [3.8, 4) is 10.6 Å². The van der Waals surface area contributed by atoms with E-state index in [0.29, 0.717) is 5.76 Å². The van der Waals surface area contributed by atoms with Crippen molar-refractivity contribution in [2.24, 2.45) is 0 Å². The molecular weight excluding hydrogens is 252 g/mol. The second-order valence-electron chi connectivity index (χ2n) is 4.09. The monoisotopic (exact) mass is 266 g/mol. The van der Waals surface area contributed by atoms with Gasteiger partial charge in [0.15, 0.2) is 11.5 Å². The highest BCUT2D eigenvalue weighted by Crippen LogP contribution is 2.25. The Morgan fingerprint density at radius 1 is 1.67 bits per heavy atom. The molecule has 1 amide bonds. The zero-order valence-electron chi connectivity index (χ0n) is 10.2. The van der Waals surface area contributed by atoms with Gasteiger partial charge in [0.25, 0.3) is 5.91 Å². The van der Waals surface area contributed by atoms with Gasteiger partial charge in [-0.25, -0.2) is 0 Å². The molecule has 0 bridgehead atoms. The SMILES string of the molecule is CC(O)CN(C)C(=O)c1cc(-c2cccs2)on1. The van der Waals surface area contributed by atoms with E-state index in [4.69, 9.17) is 4.52 Å². The largest absolute Gasteiger partial charge is 0.392 e. The van der Waals surface area contributed by atoms with Gasteiger partial charge in [0.1, 0.15) is 0 Å². The number of likely N-dealkylation sites (N-methyl/N-ethyl adjacent to an activating group) is 1. The predicted octanol–water partition coefficient (Wildman–Crippen LogP) is 1.86. The molecule has 2 heterocycles. The van der Waals surface area contributed by atoms with E-state index in [9.17, 15) is 9.90 Å². The first-order valence-corrected chi connectivity index (χ1v) is 6.40. The first kappa shape index (κ1) is 12.8. The molecule has 0 aliphatic heterocycles. The van der Waals surface area contributed by atoms with Gasteiger partial charge >= 0.3 is 0 Å². The number of carbonyl (C=O) groups is 1. The van der Waals surface area contributed by atoms with Gasteiger partial charge in [-0.3, -0.25) is 4.79 Å². The zero-order valence-corrected chi connectivity index (χ0v) is 11.0. The van der Waals surface area contributed by atoms with E-state index in [1.54, 1.807) is 20.0 Å². The molecule has 0 radical (unpaired) electrons. The van der Waals surface area contributed by atoms with Crippen molar-refractivity contribution in [1.29, 1.82) is 0 Å². The van der Waals surface area contributed by atoms with Crippen LogP contribution in [0.2, 0.25) is 0 Å². The fourth-order valence-corrected chi connectivity index (χ4v) is 2.26. The predicted molar refractivity (Wildman–Crippen MR) is 68.5 cm³/mol. The number of hydrogen-bond acceptors (Lipinski definition) is 5. The third kappa shape index (κ3) is 2.77. The Kier molecular flexibility index (Phi) is 3.78. The molecular formula is C12H14N2O3S. The smallest absolute Gasteiger partial charge is 0.275 e. The molecule has 0 saturated carbocycles. The minimum absolute atomic E-state index is 0.251. The van der Waals surface area contributed by atoms with Crippen molar-refractivity contribution >= 4 is 17.2 Å². The molecule has 0 spiro atoms. The van der Waals surface area contributed by atoms with Crippen LogP contribution in [0, 0.1) is 0 Å². The summed E-state index contributed by atoms with van der Waals surface area (Å²) in [5.41, 5.74) is 0.251. The van der Waals surface area contributed by atoms with E-state index >= 15 is 0 Å². The van der Waals surface area contributed by atoms with E-state index in [0.717, 1.165) is 4.88 Å². The van der Waals surface area contributed by atoms with Gasteiger partial charge in [0.05, 0.1) is 11.0 Å². The van der Waals surface area contributed by atoms with Gasteiger partial charge in [0, 0.05) is 19.7 Å². The van der Waals surface area contributed by atoms with Crippen LogP contribution in [0.4, 0.5) is 0 Å². The van der Waals surface area contributed by atoms with Crippen LogP contribution in [-0.2, 0) is 0 Å². The number of rotatable bonds is 4. The summed E-state index contributed by atoms with van der Waals surface area (Å²) in [5, 5.41) is 14.9. The van der Waals surface area contributed by atoms with Crippen LogP contribution in [0.15, 0.2) is 28.1 Å². The molecule has 1 atom stereocenters. The highest BCUT2D eigenvalue weighted by molar-refractivity contribution is 7.13. The number of carbonyl (C=O) groups excluding carboxylic acids is 1. The van der Waals surface area contributed by atoms with Gasteiger partial charge in [-0.15, -0.1) is 11.3 Å². The lowest BCUT2D eigenvalue weighted by atomic mass is 10.3. The van der Waals surface area contributed by atoms with Gasteiger partial charge < -0.3 is 14.5 Å². The third-order valence-corrected chi connectivity index (χ3v) is 3.26. The van der Waals surface area contributed by atoms with Crippen LogP contribution < -0.4 is 0 Å². The summed E-state index contributed by atoms with van der Waals surface area (Å²) in [6.45, 7) is 1.89. The lowest BCUT2D eigenvalue weighted by Crippen LogP contribution is -2.33. The van der Waals surface area contributed by atoms with Crippen molar-refractivity contribution in [3.05, 3.63) is 29.3 Å². The molecule has 2 rings (SSSR count). The van der Waals surface area contributed by atoms with Crippen LogP contribution in [-0.4, -0.2) is 40.8 Å². The molecule has 0 fully saturated rings. The lowest BCUT2D eigenvalue weighted by molar-refractivity contribution is 0.0694. The fourth-order valence-electron chi connectivity index (χ4n) is 1.59. The number of hydrogen-bond donors (Lipinski definition) is 1. The molecule has 96 valence electrons. The second kappa shape index (κ2) is 5.32. The van der Waals surface area contributed by atoms with Crippen LogP contribution in [0.3, 0.4) is 0 Å². The summed E-state index contributed by atoms with van der Waals surface area (Å²) >= 11 is 1.52. The number of amides is 1. The summed E-state index contributed by atoms with van der Waals surface area (Å²) in [6, 6.07) is 5.43. The molecule has 6 heteroatoms. The Hall–Kier alpha value is -1.66. The van der Waals surface area contributed by atoms with Crippen molar-refractivity contribution in [2.45, 2.75) is 13.0 Å².